The summed E-state index contributed by atoms with van der Waals surface area (Å²) >= 11 is 0. The summed E-state index contributed by atoms with van der Waals surface area (Å²) < 4.78 is 0. The second kappa shape index (κ2) is 7.21. The topological polar surface area (TPSA) is 78.4 Å². The zero-order valence-corrected chi connectivity index (χ0v) is 11.3. The molecule has 0 unspecified atom stereocenters. The Kier molecular flexibility index (Phi) is 5.06. The van der Waals surface area contributed by atoms with Gasteiger partial charge in [0.2, 0.25) is 5.91 Å². The molecule has 3 N–H and O–H groups in total. The molecule has 0 bridgehead atoms. The maximum absolute atomic E-state index is 11.8. The Morgan fingerprint density at radius 3 is 1.86 bits per heavy atom. The molecule has 0 heterocycles. The van der Waals surface area contributed by atoms with E-state index in [0.29, 0.717) is 11.4 Å². The SMILES string of the molecule is O=C(C[C@@H](O)C(=O)Nc1ccccc1)Nc1ccccc1. The van der Waals surface area contributed by atoms with E-state index in [1.54, 1.807) is 48.5 Å². The Balaban J connectivity index is 1.84. The van der Waals surface area contributed by atoms with Crippen molar-refractivity contribution in [1.82, 2.24) is 0 Å². The first-order valence-corrected chi connectivity index (χ1v) is 6.54. The van der Waals surface area contributed by atoms with Crippen LogP contribution in [0.3, 0.4) is 0 Å². The quantitative estimate of drug-likeness (QED) is 0.786. The molecule has 0 aliphatic rings. The van der Waals surface area contributed by atoms with Gasteiger partial charge in [-0.2, -0.15) is 0 Å². The number of rotatable bonds is 5. The first kappa shape index (κ1) is 14.7. The highest BCUT2D eigenvalue weighted by molar-refractivity contribution is 5.99. The van der Waals surface area contributed by atoms with Gasteiger partial charge in [0.05, 0.1) is 6.42 Å². The zero-order valence-electron chi connectivity index (χ0n) is 11.3. The van der Waals surface area contributed by atoms with E-state index in [1.165, 1.54) is 0 Å². The van der Waals surface area contributed by atoms with Gasteiger partial charge in [-0.15, -0.1) is 0 Å². The van der Waals surface area contributed by atoms with Gasteiger partial charge in [0, 0.05) is 11.4 Å². The molecule has 0 aromatic heterocycles. The van der Waals surface area contributed by atoms with Crippen LogP contribution in [-0.2, 0) is 9.59 Å². The summed E-state index contributed by atoms with van der Waals surface area (Å²) in [7, 11) is 0. The molecule has 0 aliphatic carbocycles. The first-order valence-electron chi connectivity index (χ1n) is 6.54. The van der Waals surface area contributed by atoms with Crippen molar-refractivity contribution in [3.63, 3.8) is 0 Å². The van der Waals surface area contributed by atoms with E-state index in [0.717, 1.165) is 0 Å². The molecule has 0 saturated carbocycles. The van der Waals surface area contributed by atoms with Gasteiger partial charge in [-0.1, -0.05) is 36.4 Å². The number of amides is 2. The minimum atomic E-state index is -1.39. The molecule has 108 valence electrons. The summed E-state index contributed by atoms with van der Waals surface area (Å²) in [4.78, 5) is 23.5. The third-order valence-electron chi connectivity index (χ3n) is 2.78. The standard InChI is InChI=1S/C16H16N2O3/c19-14(16(21)18-13-9-5-2-6-10-13)11-15(20)17-12-7-3-1-4-8-12/h1-10,14,19H,11H2,(H,17,20)(H,18,21)/t14-/m1/s1. The molecule has 1 atom stereocenters. The van der Waals surface area contributed by atoms with Crippen LogP contribution in [0.5, 0.6) is 0 Å². The van der Waals surface area contributed by atoms with E-state index < -0.39 is 17.9 Å². The number of carbonyl (C=O) groups excluding carboxylic acids is 2. The van der Waals surface area contributed by atoms with Crippen LogP contribution in [0.25, 0.3) is 0 Å². The van der Waals surface area contributed by atoms with Crippen LogP contribution in [-0.4, -0.2) is 23.0 Å². The number of hydrogen-bond acceptors (Lipinski definition) is 3. The molecule has 21 heavy (non-hydrogen) atoms. The highest BCUT2D eigenvalue weighted by Gasteiger charge is 2.19. The summed E-state index contributed by atoms with van der Waals surface area (Å²) in [6.45, 7) is 0. The van der Waals surface area contributed by atoms with Crippen LogP contribution in [0.1, 0.15) is 6.42 Å². The van der Waals surface area contributed by atoms with Crippen molar-refractivity contribution in [3.8, 4) is 0 Å². The summed E-state index contributed by atoms with van der Waals surface area (Å²) in [5.74, 6) is -1.03. The smallest absolute Gasteiger partial charge is 0.253 e. The van der Waals surface area contributed by atoms with Crippen molar-refractivity contribution in [2.45, 2.75) is 12.5 Å². The molecule has 2 rings (SSSR count). The van der Waals surface area contributed by atoms with Crippen LogP contribution in [0, 0.1) is 0 Å². The number of aliphatic hydroxyl groups is 1. The predicted octanol–water partition coefficient (Wildman–Crippen LogP) is 2.01. The Morgan fingerprint density at radius 2 is 1.33 bits per heavy atom. The van der Waals surface area contributed by atoms with Gasteiger partial charge in [0.25, 0.3) is 5.91 Å². The van der Waals surface area contributed by atoms with Gasteiger partial charge < -0.3 is 15.7 Å². The van der Waals surface area contributed by atoms with Gasteiger partial charge >= 0.3 is 0 Å². The number of aliphatic hydroxyl groups excluding tert-OH is 1. The lowest BCUT2D eigenvalue weighted by Gasteiger charge is -2.11. The van der Waals surface area contributed by atoms with Gasteiger partial charge in [-0.05, 0) is 24.3 Å². The molecular formula is C16H16N2O3. The maximum Gasteiger partial charge on any atom is 0.253 e. The lowest BCUT2D eigenvalue weighted by molar-refractivity contribution is -0.128. The average Bonchev–Trinajstić information content (AvgIpc) is 2.49. The molecule has 0 spiro atoms. The summed E-state index contributed by atoms with van der Waals surface area (Å²) in [5.41, 5.74) is 1.20. The molecular weight excluding hydrogens is 268 g/mol. The summed E-state index contributed by atoms with van der Waals surface area (Å²) in [6.07, 6.45) is -1.69. The van der Waals surface area contributed by atoms with Crippen LogP contribution in [0.2, 0.25) is 0 Å². The highest BCUT2D eigenvalue weighted by atomic mass is 16.3. The van der Waals surface area contributed by atoms with Gasteiger partial charge in [-0.3, -0.25) is 9.59 Å². The largest absolute Gasteiger partial charge is 0.383 e. The molecule has 0 saturated heterocycles. The van der Waals surface area contributed by atoms with E-state index in [9.17, 15) is 14.7 Å². The van der Waals surface area contributed by atoms with E-state index in [-0.39, 0.29) is 6.42 Å². The lowest BCUT2D eigenvalue weighted by atomic mass is 10.2. The van der Waals surface area contributed by atoms with Crippen LogP contribution in [0.4, 0.5) is 11.4 Å². The summed E-state index contributed by atoms with van der Waals surface area (Å²) in [6, 6.07) is 17.6. The fourth-order valence-electron chi connectivity index (χ4n) is 1.75. The monoisotopic (exact) mass is 284 g/mol. The van der Waals surface area contributed by atoms with E-state index >= 15 is 0 Å². The van der Waals surface area contributed by atoms with Crippen LogP contribution < -0.4 is 10.6 Å². The van der Waals surface area contributed by atoms with Crippen molar-refractivity contribution >= 4 is 23.2 Å². The number of anilines is 2. The zero-order chi connectivity index (χ0) is 15.1. The number of carbonyl (C=O) groups is 2. The number of nitrogens with one attached hydrogen (secondary N) is 2. The van der Waals surface area contributed by atoms with E-state index in [4.69, 9.17) is 0 Å². The second-order valence-electron chi connectivity index (χ2n) is 4.49. The Labute approximate surface area is 122 Å². The predicted molar refractivity (Wildman–Crippen MR) is 80.8 cm³/mol. The highest BCUT2D eigenvalue weighted by Crippen LogP contribution is 2.09. The van der Waals surface area contributed by atoms with Gasteiger partial charge in [-0.25, -0.2) is 0 Å². The molecule has 0 aliphatic heterocycles. The van der Waals surface area contributed by atoms with Gasteiger partial charge in [0.15, 0.2) is 0 Å². The fraction of sp³-hybridized carbons (Fsp3) is 0.125. The summed E-state index contributed by atoms with van der Waals surface area (Å²) in [5, 5.41) is 14.9. The molecule has 2 aromatic carbocycles. The minimum absolute atomic E-state index is 0.298. The van der Waals surface area contributed by atoms with Crippen molar-refractivity contribution in [2.24, 2.45) is 0 Å². The van der Waals surface area contributed by atoms with Crippen molar-refractivity contribution in [1.29, 1.82) is 0 Å². The van der Waals surface area contributed by atoms with E-state index in [2.05, 4.69) is 10.6 Å². The average molecular weight is 284 g/mol. The Bertz CT molecular complexity index is 599. The number of hydrogen-bond donors (Lipinski definition) is 3. The van der Waals surface area contributed by atoms with Crippen LogP contribution in [0.15, 0.2) is 60.7 Å². The molecule has 2 amide bonds. The molecule has 5 heteroatoms. The van der Waals surface area contributed by atoms with Crippen molar-refractivity contribution in [2.75, 3.05) is 10.6 Å². The maximum atomic E-state index is 11.8. The third kappa shape index (κ3) is 4.74. The Morgan fingerprint density at radius 1 is 0.857 bits per heavy atom. The molecule has 0 fully saturated rings. The van der Waals surface area contributed by atoms with Crippen molar-refractivity contribution in [3.05, 3.63) is 60.7 Å². The van der Waals surface area contributed by atoms with E-state index in [1.807, 2.05) is 12.1 Å². The second-order valence-corrected chi connectivity index (χ2v) is 4.49. The van der Waals surface area contributed by atoms with Crippen LogP contribution >= 0.6 is 0 Å². The number of benzene rings is 2. The lowest BCUT2D eigenvalue weighted by Crippen LogP contribution is -2.31. The molecule has 2 aromatic rings. The fourth-order valence-corrected chi connectivity index (χ4v) is 1.75. The Hall–Kier alpha value is -2.66. The molecule has 5 nitrogen and oxygen atoms in total. The van der Waals surface area contributed by atoms with Crippen molar-refractivity contribution < 1.29 is 14.7 Å². The van der Waals surface area contributed by atoms with Gasteiger partial charge in [0.1, 0.15) is 6.10 Å². The minimum Gasteiger partial charge on any atom is -0.383 e. The third-order valence-corrected chi connectivity index (χ3v) is 2.78. The first-order chi connectivity index (χ1) is 10.1. The molecule has 0 radical (unpaired) electrons. The normalized spacial score (nSPS) is 11.5. The number of para-hydroxylation sites is 2.